The van der Waals surface area contributed by atoms with E-state index >= 15 is 0 Å². The summed E-state index contributed by atoms with van der Waals surface area (Å²) in [7, 11) is 0. The van der Waals surface area contributed by atoms with Crippen LogP contribution in [0.15, 0.2) is 64.6 Å². The number of nitro groups is 2. The molecule has 2 aromatic carbocycles. The fourth-order valence-electron chi connectivity index (χ4n) is 3.07. The molecular weight excluding hydrogens is 410 g/mol. The van der Waals surface area contributed by atoms with Gasteiger partial charge in [0.15, 0.2) is 0 Å². The number of aromatic nitrogens is 1. The molecular formula is C23H21N5O4. The summed E-state index contributed by atoms with van der Waals surface area (Å²) < 4.78 is 0. The van der Waals surface area contributed by atoms with Gasteiger partial charge in [0.1, 0.15) is 0 Å². The number of aryl methyl sites for hydroxylation is 2. The van der Waals surface area contributed by atoms with Gasteiger partial charge in [0.2, 0.25) is 0 Å². The molecule has 0 unspecified atom stereocenters. The van der Waals surface area contributed by atoms with E-state index in [1.165, 1.54) is 24.3 Å². The number of hydrogen-bond donors (Lipinski definition) is 0. The quantitative estimate of drug-likeness (QED) is 0.277. The topological polar surface area (TPSA) is 124 Å². The molecule has 0 fully saturated rings. The number of hydrogen-bond acceptors (Lipinski definition) is 7. The minimum absolute atomic E-state index is 0.0209. The zero-order valence-electron chi connectivity index (χ0n) is 18.1. The Morgan fingerprint density at radius 2 is 1.16 bits per heavy atom. The van der Waals surface area contributed by atoms with E-state index < -0.39 is 9.85 Å². The van der Waals surface area contributed by atoms with Crippen molar-refractivity contribution in [2.45, 2.75) is 27.7 Å². The first-order valence-electron chi connectivity index (χ1n) is 9.74. The van der Waals surface area contributed by atoms with Crippen LogP contribution in [0, 0.1) is 34.1 Å². The van der Waals surface area contributed by atoms with Gasteiger partial charge in [-0.15, -0.1) is 0 Å². The zero-order valence-corrected chi connectivity index (χ0v) is 18.1. The third-order valence-corrected chi connectivity index (χ3v) is 4.85. The molecule has 162 valence electrons. The van der Waals surface area contributed by atoms with E-state index in [0.29, 0.717) is 45.3 Å². The summed E-state index contributed by atoms with van der Waals surface area (Å²) in [5, 5.41) is 21.9. The fraction of sp³-hybridized carbons (Fsp3) is 0.174. The first kappa shape index (κ1) is 22.4. The Balaban J connectivity index is 1.91. The summed E-state index contributed by atoms with van der Waals surface area (Å²) in [6.45, 7) is 7.18. The van der Waals surface area contributed by atoms with E-state index in [1.807, 2.05) is 32.0 Å². The SMILES string of the molecule is CC(=Nc1ccc([N+](=O)[O-])cc1C)c1cccc(C(C)=Nc2ccc([N+](=O)[O-])cc2C)n1. The zero-order chi connectivity index (χ0) is 23.4. The summed E-state index contributed by atoms with van der Waals surface area (Å²) in [4.78, 5) is 34.8. The minimum atomic E-state index is -0.437. The standard InChI is InChI=1S/C23H21N5O4/c1-14-12-18(27(29)30)8-10-20(14)24-16(3)22-6-5-7-23(26-22)17(4)25-21-11-9-19(28(31)32)13-15(21)2/h5-13H,1-4H3. The van der Waals surface area contributed by atoms with Crippen LogP contribution in [0.3, 0.4) is 0 Å². The maximum atomic E-state index is 10.9. The van der Waals surface area contributed by atoms with Crippen molar-refractivity contribution >= 4 is 34.2 Å². The van der Waals surface area contributed by atoms with E-state index in [4.69, 9.17) is 0 Å². The predicted molar refractivity (Wildman–Crippen MR) is 124 cm³/mol. The lowest BCUT2D eigenvalue weighted by Crippen LogP contribution is -2.05. The van der Waals surface area contributed by atoms with Gasteiger partial charge >= 0.3 is 0 Å². The van der Waals surface area contributed by atoms with E-state index in [2.05, 4.69) is 15.0 Å². The van der Waals surface area contributed by atoms with Crippen LogP contribution >= 0.6 is 0 Å². The minimum Gasteiger partial charge on any atom is -0.258 e. The van der Waals surface area contributed by atoms with Crippen LogP contribution in [0.25, 0.3) is 0 Å². The number of nitrogens with zero attached hydrogens (tertiary/aromatic N) is 5. The molecule has 0 radical (unpaired) electrons. The molecule has 9 nitrogen and oxygen atoms in total. The van der Waals surface area contributed by atoms with Crippen molar-refractivity contribution in [3.63, 3.8) is 0 Å². The normalized spacial score (nSPS) is 12.0. The van der Waals surface area contributed by atoms with E-state index in [-0.39, 0.29) is 11.4 Å². The van der Waals surface area contributed by atoms with Crippen molar-refractivity contribution in [1.29, 1.82) is 0 Å². The Bertz CT molecular complexity index is 1190. The van der Waals surface area contributed by atoms with Crippen molar-refractivity contribution in [2.24, 2.45) is 9.98 Å². The maximum absolute atomic E-state index is 10.9. The molecule has 1 aromatic heterocycles. The predicted octanol–water partition coefficient (Wildman–Crippen LogP) is 5.80. The van der Waals surface area contributed by atoms with Gasteiger partial charge in [0.25, 0.3) is 11.4 Å². The lowest BCUT2D eigenvalue weighted by atomic mass is 10.1. The molecule has 0 saturated heterocycles. The molecule has 3 rings (SSSR count). The van der Waals surface area contributed by atoms with Crippen molar-refractivity contribution < 1.29 is 9.85 Å². The molecule has 0 saturated carbocycles. The van der Waals surface area contributed by atoms with Crippen LogP contribution in [-0.2, 0) is 0 Å². The van der Waals surface area contributed by atoms with Gasteiger partial charge in [-0.3, -0.25) is 30.2 Å². The molecule has 0 amide bonds. The van der Waals surface area contributed by atoms with Crippen molar-refractivity contribution in [2.75, 3.05) is 0 Å². The highest BCUT2D eigenvalue weighted by Gasteiger charge is 2.11. The van der Waals surface area contributed by atoms with E-state index in [0.717, 1.165) is 0 Å². The largest absolute Gasteiger partial charge is 0.269 e. The van der Waals surface area contributed by atoms with Gasteiger partial charge in [-0.1, -0.05) is 6.07 Å². The number of nitro benzene ring substituents is 2. The summed E-state index contributed by atoms with van der Waals surface area (Å²) in [5.74, 6) is 0. The molecule has 9 heteroatoms. The van der Waals surface area contributed by atoms with Crippen LogP contribution in [0.2, 0.25) is 0 Å². The smallest absolute Gasteiger partial charge is 0.258 e. The van der Waals surface area contributed by atoms with Crippen LogP contribution in [-0.4, -0.2) is 26.3 Å². The highest BCUT2D eigenvalue weighted by atomic mass is 16.6. The Kier molecular flexibility index (Phi) is 6.48. The molecule has 0 aliphatic rings. The molecule has 0 spiro atoms. The van der Waals surface area contributed by atoms with Gasteiger partial charge < -0.3 is 0 Å². The first-order chi connectivity index (χ1) is 15.2. The fourth-order valence-corrected chi connectivity index (χ4v) is 3.07. The van der Waals surface area contributed by atoms with Gasteiger partial charge in [-0.2, -0.15) is 0 Å². The van der Waals surface area contributed by atoms with Crippen LogP contribution in [0.5, 0.6) is 0 Å². The second-order valence-corrected chi connectivity index (χ2v) is 7.26. The number of rotatable bonds is 6. The van der Waals surface area contributed by atoms with E-state index in [9.17, 15) is 20.2 Å². The molecule has 0 atom stereocenters. The molecule has 0 aliphatic heterocycles. The molecule has 3 aromatic rings. The van der Waals surface area contributed by atoms with Crippen LogP contribution in [0.4, 0.5) is 22.7 Å². The summed E-state index contributed by atoms with van der Waals surface area (Å²) >= 11 is 0. The average Bonchev–Trinajstić information content (AvgIpc) is 2.76. The second kappa shape index (κ2) is 9.25. The number of aliphatic imine (C=N–C) groups is 2. The molecule has 32 heavy (non-hydrogen) atoms. The maximum Gasteiger partial charge on any atom is 0.269 e. The highest BCUT2D eigenvalue weighted by molar-refractivity contribution is 6.02. The van der Waals surface area contributed by atoms with Gasteiger partial charge in [0, 0.05) is 24.3 Å². The van der Waals surface area contributed by atoms with Crippen molar-refractivity contribution in [1.82, 2.24) is 4.98 Å². The summed E-state index contributed by atoms with van der Waals surface area (Å²) in [5.41, 5.74) is 5.30. The third kappa shape index (κ3) is 5.07. The first-order valence-corrected chi connectivity index (χ1v) is 9.74. The lowest BCUT2D eigenvalue weighted by Gasteiger charge is -2.07. The number of non-ortho nitro benzene ring substituents is 2. The molecule has 0 bridgehead atoms. The number of pyridine rings is 1. The number of benzene rings is 2. The van der Waals surface area contributed by atoms with Gasteiger partial charge in [0.05, 0.1) is 44.0 Å². The Labute approximate surface area is 184 Å². The van der Waals surface area contributed by atoms with Gasteiger partial charge in [-0.25, -0.2) is 4.98 Å². The molecule has 0 N–H and O–H groups in total. The molecule has 1 heterocycles. The van der Waals surface area contributed by atoms with E-state index in [1.54, 1.807) is 26.0 Å². The van der Waals surface area contributed by atoms with Crippen molar-refractivity contribution in [3.05, 3.63) is 97.3 Å². The Hall–Kier alpha value is -4.27. The summed E-state index contributed by atoms with van der Waals surface area (Å²) in [6, 6.07) is 14.6. The Morgan fingerprint density at radius 1 is 0.750 bits per heavy atom. The third-order valence-electron chi connectivity index (χ3n) is 4.85. The van der Waals surface area contributed by atoms with Crippen molar-refractivity contribution in [3.8, 4) is 0 Å². The average molecular weight is 431 g/mol. The Morgan fingerprint density at radius 3 is 1.50 bits per heavy atom. The monoisotopic (exact) mass is 431 g/mol. The summed E-state index contributed by atoms with van der Waals surface area (Å²) in [6.07, 6.45) is 0. The highest BCUT2D eigenvalue weighted by Crippen LogP contribution is 2.26. The molecule has 0 aliphatic carbocycles. The lowest BCUT2D eigenvalue weighted by molar-refractivity contribution is -0.385. The van der Waals surface area contributed by atoms with Crippen LogP contribution in [0.1, 0.15) is 36.4 Å². The second-order valence-electron chi connectivity index (χ2n) is 7.26. The van der Waals surface area contributed by atoms with Gasteiger partial charge in [-0.05, 0) is 63.1 Å². The van der Waals surface area contributed by atoms with Crippen LogP contribution < -0.4 is 0 Å².